The molecule has 0 saturated heterocycles. The number of phenols is 1. The summed E-state index contributed by atoms with van der Waals surface area (Å²) in [6, 6.07) is 12.2. The number of hydrogen-bond donors (Lipinski definition) is 1. The van der Waals surface area contributed by atoms with Crippen molar-refractivity contribution in [3.63, 3.8) is 0 Å². The predicted molar refractivity (Wildman–Crippen MR) is 104 cm³/mol. The van der Waals surface area contributed by atoms with E-state index in [9.17, 15) is 5.11 Å². The number of nitrogens with zero attached hydrogens (tertiary/aromatic N) is 2. The van der Waals surface area contributed by atoms with Gasteiger partial charge >= 0.3 is 0 Å². The van der Waals surface area contributed by atoms with Crippen LogP contribution in [0.3, 0.4) is 0 Å². The maximum absolute atomic E-state index is 10.0. The highest BCUT2D eigenvalue weighted by molar-refractivity contribution is 5.83. The molecule has 2 rings (SSSR count). The van der Waals surface area contributed by atoms with Gasteiger partial charge in [0.2, 0.25) is 0 Å². The fraction of sp³-hybridized carbons (Fsp3) is 0.381. The maximum atomic E-state index is 10.0. The summed E-state index contributed by atoms with van der Waals surface area (Å²) in [6.07, 6.45) is 1.88. The van der Waals surface area contributed by atoms with Gasteiger partial charge in [-0.2, -0.15) is 0 Å². The number of benzene rings is 2. The van der Waals surface area contributed by atoms with Crippen molar-refractivity contribution in [1.29, 1.82) is 0 Å². The van der Waals surface area contributed by atoms with E-state index in [1.165, 1.54) is 5.69 Å². The lowest BCUT2D eigenvalue weighted by Gasteiger charge is -2.20. The van der Waals surface area contributed by atoms with Gasteiger partial charge in [0, 0.05) is 25.0 Å². The van der Waals surface area contributed by atoms with Crippen molar-refractivity contribution in [1.82, 2.24) is 0 Å². The number of aliphatic imine (C=N–C) groups is 1. The van der Waals surface area contributed by atoms with Crippen molar-refractivity contribution in [2.24, 2.45) is 4.99 Å². The summed E-state index contributed by atoms with van der Waals surface area (Å²) in [5.74, 6) is 0.623. The van der Waals surface area contributed by atoms with Crippen molar-refractivity contribution in [2.45, 2.75) is 40.5 Å². The quantitative estimate of drug-likeness (QED) is 0.720. The Kier molecular flexibility index (Phi) is 6.02. The lowest BCUT2D eigenvalue weighted by atomic mass is 9.99. The molecule has 128 valence electrons. The molecule has 0 aliphatic rings. The van der Waals surface area contributed by atoms with Crippen molar-refractivity contribution in [2.75, 3.05) is 18.0 Å². The van der Waals surface area contributed by atoms with Crippen LogP contribution in [0.15, 0.2) is 41.4 Å². The number of aryl methyl sites for hydroxylation is 1. The largest absolute Gasteiger partial charge is 0.508 e. The van der Waals surface area contributed by atoms with Crippen molar-refractivity contribution in [3.8, 4) is 5.75 Å². The minimum atomic E-state index is 0.271. The van der Waals surface area contributed by atoms with Gasteiger partial charge in [0.15, 0.2) is 0 Å². The molecule has 0 atom stereocenters. The molecule has 3 heteroatoms. The second-order valence-electron chi connectivity index (χ2n) is 6.37. The minimum absolute atomic E-state index is 0.271. The lowest BCUT2D eigenvalue weighted by Crippen LogP contribution is -2.21. The first-order valence-corrected chi connectivity index (χ1v) is 8.68. The van der Waals surface area contributed by atoms with E-state index in [4.69, 9.17) is 0 Å². The van der Waals surface area contributed by atoms with E-state index < -0.39 is 0 Å². The van der Waals surface area contributed by atoms with Crippen LogP contribution in [0.4, 0.5) is 11.4 Å². The van der Waals surface area contributed by atoms with Crippen LogP contribution in [-0.4, -0.2) is 24.4 Å². The summed E-state index contributed by atoms with van der Waals surface area (Å²) in [5, 5.41) is 10.0. The number of hydrogen-bond acceptors (Lipinski definition) is 3. The Balaban J connectivity index is 2.23. The Morgan fingerprint density at radius 3 is 2.25 bits per heavy atom. The number of anilines is 1. The van der Waals surface area contributed by atoms with Crippen LogP contribution in [0.5, 0.6) is 5.75 Å². The first kappa shape index (κ1) is 18.1. The van der Waals surface area contributed by atoms with E-state index in [1.54, 1.807) is 6.07 Å². The van der Waals surface area contributed by atoms with E-state index in [-0.39, 0.29) is 5.92 Å². The molecule has 1 N–H and O–H groups in total. The van der Waals surface area contributed by atoms with Gasteiger partial charge < -0.3 is 10.0 Å². The monoisotopic (exact) mass is 324 g/mol. The minimum Gasteiger partial charge on any atom is -0.508 e. The topological polar surface area (TPSA) is 35.8 Å². The average molecular weight is 324 g/mol. The first-order chi connectivity index (χ1) is 11.5. The van der Waals surface area contributed by atoms with E-state index in [2.05, 4.69) is 61.9 Å². The first-order valence-electron chi connectivity index (χ1n) is 8.68. The molecule has 0 radical (unpaired) electrons. The Hall–Kier alpha value is -2.29. The highest BCUT2D eigenvalue weighted by Crippen LogP contribution is 2.32. The summed E-state index contributed by atoms with van der Waals surface area (Å²) >= 11 is 0. The van der Waals surface area contributed by atoms with Gasteiger partial charge in [0.05, 0.1) is 5.69 Å². The lowest BCUT2D eigenvalue weighted by molar-refractivity contribution is 0.464. The van der Waals surface area contributed by atoms with Crippen LogP contribution in [0.2, 0.25) is 0 Å². The average Bonchev–Trinajstić information content (AvgIpc) is 2.56. The smallest absolute Gasteiger partial charge is 0.119 e. The number of phenolic OH excluding ortho intramolecular Hbond substituents is 1. The Morgan fingerprint density at radius 1 is 1.08 bits per heavy atom. The van der Waals surface area contributed by atoms with Crippen LogP contribution >= 0.6 is 0 Å². The predicted octanol–water partition coefficient (Wildman–Crippen LogP) is 5.42. The van der Waals surface area contributed by atoms with Crippen molar-refractivity contribution in [3.05, 3.63) is 53.1 Å². The van der Waals surface area contributed by atoms with Gasteiger partial charge in [0.1, 0.15) is 5.75 Å². The molecule has 0 unspecified atom stereocenters. The summed E-state index contributed by atoms with van der Waals surface area (Å²) in [4.78, 5) is 6.94. The van der Waals surface area contributed by atoms with Gasteiger partial charge in [-0.15, -0.1) is 0 Å². The fourth-order valence-corrected chi connectivity index (χ4v) is 2.80. The molecule has 0 aliphatic heterocycles. The van der Waals surface area contributed by atoms with Crippen LogP contribution in [-0.2, 0) is 0 Å². The molecular formula is C21H28N2O. The van der Waals surface area contributed by atoms with E-state index in [0.717, 1.165) is 35.5 Å². The molecule has 0 bridgehead atoms. The molecule has 0 fully saturated rings. The third-order valence-electron chi connectivity index (χ3n) is 4.34. The third kappa shape index (κ3) is 4.16. The molecule has 3 nitrogen and oxygen atoms in total. The normalized spacial score (nSPS) is 11.4. The Labute approximate surface area is 145 Å². The Bertz CT molecular complexity index is 699. The number of rotatable bonds is 6. The SMILES string of the molecule is CCN(CC)c1ccc(C=Nc2cc(C(C)C)c(O)cc2C)cc1. The highest BCUT2D eigenvalue weighted by Gasteiger charge is 2.09. The van der Waals surface area contributed by atoms with Crippen LogP contribution in [0.1, 0.15) is 50.3 Å². The van der Waals surface area contributed by atoms with Crippen LogP contribution in [0, 0.1) is 6.92 Å². The summed E-state index contributed by atoms with van der Waals surface area (Å²) in [5.41, 5.74) is 5.13. The van der Waals surface area contributed by atoms with E-state index in [1.807, 2.05) is 19.2 Å². The molecule has 0 amide bonds. The van der Waals surface area contributed by atoms with E-state index in [0.29, 0.717) is 5.75 Å². The summed E-state index contributed by atoms with van der Waals surface area (Å²) in [6.45, 7) is 12.5. The van der Waals surface area contributed by atoms with Gasteiger partial charge in [0.25, 0.3) is 0 Å². The summed E-state index contributed by atoms with van der Waals surface area (Å²) < 4.78 is 0. The van der Waals surface area contributed by atoms with Gasteiger partial charge in [-0.05, 0) is 67.6 Å². The number of aromatic hydroxyl groups is 1. The molecular weight excluding hydrogens is 296 g/mol. The standard InChI is InChI=1S/C21H28N2O/c1-6-23(7-2)18-10-8-17(9-11-18)14-22-20-13-19(15(3)4)21(24)12-16(20)5/h8-15,24H,6-7H2,1-5H3. The second kappa shape index (κ2) is 8.00. The van der Waals surface area contributed by atoms with Gasteiger partial charge in [-0.3, -0.25) is 4.99 Å². The second-order valence-corrected chi connectivity index (χ2v) is 6.37. The summed E-state index contributed by atoms with van der Waals surface area (Å²) in [7, 11) is 0. The molecule has 24 heavy (non-hydrogen) atoms. The third-order valence-corrected chi connectivity index (χ3v) is 4.34. The molecule has 0 aliphatic carbocycles. The highest BCUT2D eigenvalue weighted by atomic mass is 16.3. The molecule has 0 spiro atoms. The van der Waals surface area contributed by atoms with Crippen LogP contribution in [0.25, 0.3) is 0 Å². The van der Waals surface area contributed by atoms with Gasteiger partial charge in [-0.1, -0.05) is 26.0 Å². The van der Waals surface area contributed by atoms with Gasteiger partial charge in [-0.25, -0.2) is 0 Å². The molecule has 0 aromatic heterocycles. The zero-order chi connectivity index (χ0) is 17.7. The van der Waals surface area contributed by atoms with E-state index >= 15 is 0 Å². The zero-order valence-corrected chi connectivity index (χ0v) is 15.4. The maximum Gasteiger partial charge on any atom is 0.119 e. The molecule has 2 aromatic rings. The Morgan fingerprint density at radius 2 is 1.71 bits per heavy atom. The molecule has 2 aromatic carbocycles. The molecule has 0 saturated carbocycles. The van der Waals surface area contributed by atoms with Crippen molar-refractivity contribution >= 4 is 17.6 Å². The van der Waals surface area contributed by atoms with Crippen LogP contribution < -0.4 is 4.90 Å². The zero-order valence-electron chi connectivity index (χ0n) is 15.4. The fourth-order valence-electron chi connectivity index (χ4n) is 2.80. The van der Waals surface area contributed by atoms with Crippen molar-refractivity contribution < 1.29 is 5.11 Å². The molecule has 0 heterocycles.